The fraction of sp³-hybridized carbons (Fsp3) is 0.350. The molecule has 0 unspecified atom stereocenters. The number of benzene rings is 2. The summed E-state index contributed by atoms with van der Waals surface area (Å²) in [6.45, 7) is 0.0689. The van der Waals surface area contributed by atoms with Crippen molar-refractivity contribution in [2.24, 2.45) is 0 Å². The van der Waals surface area contributed by atoms with Crippen LogP contribution in [-0.4, -0.2) is 48.2 Å². The minimum atomic E-state index is -1.12. The topological polar surface area (TPSA) is 100 Å². The molecule has 0 aromatic heterocycles. The van der Waals surface area contributed by atoms with Gasteiger partial charge in [0.1, 0.15) is 18.0 Å². The number of β-amino-alcohol motifs (C(OH)–C–C–N with tert-alkyl or cyclic N) is 1. The number of ether oxygens (including phenoxy) is 2. The zero-order valence-corrected chi connectivity index (χ0v) is 15.7. The first kappa shape index (κ1) is 20.8. The second-order valence-electron chi connectivity index (χ2n) is 6.77. The van der Waals surface area contributed by atoms with E-state index >= 15 is 0 Å². The molecular formula is C20H22F2N2O5. The maximum Gasteiger partial charge on any atom is 0.407 e. The summed E-state index contributed by atoms with van der Waals surface area (Å²) in [6, 6.07) is 8.94. The average Bonchev–Trinajstić information content (AvgIpc) is 3.04. The molecule has 1 aliphatic heterocycles. The fourth-order valence-electron chi connectivity index (χ4n) is 3.20. The van der Waals surface area contributed by atoms with Crippen LogP contribution in [-0.2, 0) is 17.7 Å². The Labute approximate surface area is 166 Å². The summed E-state index contributed by atoms with van der Waals surface area (Å²) in [7, 11) is 1.58. The summed E-state index contributed by atoms with van der Waals surface area (Å²) in [5.74, 6) is -2.59. The number of amides is 1. The summed E-state index contributed by atoms with van der Waals surface area (Å²) in [5, 5.41) is 24.8. The quantitative estimate of drug-likeness (QED) is 0.582. The predicted molar refractivity (Wildman–Crippen MR) is 99.6 cm³/mol. The Morgan fingerprint density at radius 1 is 1.21 bits per heavy atom. The van der Waals surface area contributed by atoms with E-state index in [1.165, 1.54) is 0 Å². The number of carbonyl (C=O) groups is 1. The van der Waals surface area contributed by atoms with Gasteiger partial charge in [-0.2, -0.15) is 0 Å². The van der Waals surface area contributed by atoms with Crippen molar-refractivity contribution in [3.63, 3.8) is 0 Å². The number of aliphatic hydroxyl groups excluding tert-OH is 1. The molecule has 3 atom stereocenters. The molecule has 1 heterocycles. The van der Waals surface area contributed by atoms with Crippen molar-refractivity contribution in [2.45, 2.75) is 31.2 Å². The lowest BCUT2D eigenvalue weighted by atomic mass is 10.0. The lowest BCUT2D eigenvalue weighted by Gasteiger charge is -2.22. The Morgan fingerprint density at radius 2 is 1.86 bits per heavy atom. The lowest BCUT2D eigenvalue weighted by Crippen LogP contribution is -2.41. The molecule has 1 fully saturated rings. The minimum Gasteiger partial charge on any atom is -0.503 e. The second-order valence-corrected chi connectivity index (χ2v) is 6.77. The Bertz CT molecular complexity index is 839. The van der Waals surface area contributed by atoms with Gasteiger partial charge in [0.2, 0.25) is 0 Å². The van der Waals surface area contributed by atoms with Gasteiger partial charge in [0, 0.05) is 13.1 Å². The van der Waals surface area contributed by atoms with Crippen molar-refractivity contribution in [1.82, 2.24) is 10.6 Å². The molecule has 0 radical (unpaired) electrons. The fourth-order valence-corrected chi connectivity index (χ4v) is 3.20. The van der Waals surface area contributed by atoms with Crippen LogP contribution in [0.1, 0.15) is 11.1 Å². The molecule has 2 aromatic carbocycles. The van der Waals surface area contributed by atoms with E-state index in [4.69, 9.17) is 14.6 Å². The van der Waals surface area contributed by atoms with Crippen molar-refractivity contribution in [2.75, 3.05) is 13.7 Å². The summed E-state index contributed by atoms with van der Waals surface area (Å²) in [4.78, 5) is 12.1. The number of aromatic hydroxyl groups is 1. The Hall–Kier alpha value is -2.91. The summed E-state index contributed by atoms with van der Waals surface area (Å²) >= 11 is 0. The van der Waals surface area contributed by atoms with Gasteiger partial charge in [-0.3, -0.25) is 0 Å². The molecule has 0 bridgehead atoms. The zero-order chi connectivity index (χ0) is 21.0. The number of hydrogen-bond acceptors (Lipinski definition) is 6. The molecule has 4 N–H and O–H groups in total. The van der Waals surface area contributed by atoms with Gasteiger partial charge in [0.25, 0.3) is 0 Å². The highest BCUT2D eigenvalue weighted by Gasteiger charge is 2.37. The number of aliphatic hydroxyl groups is 1. The lowest BCUT2D eigenvalue weighted by molar-refractivity contribution is 0.0188. The normalized spacial score (nSPS) is 21.0. The van der Waals surface area contributed by atoms with Crippen molar-refractivity contribution >= 4 is 6.09 Å². The summed E-state index contributed by atoms with van der Waals surface area (Å²) < 4.78 is 37.2. The van der Waals surface area contributed by atoms with E-state index in [2.05, 4.69) is 10.6 Å². The maximum absolute atomic E-state index is 13.4. The molecule has 156 valence electrons. The van der Waals surface area contributed by atoms with Crippen LogP contribution in [0.15, 0.2) is 36.4 Å². The smallest absolute Gasteiger partial charge is 0.407 e. The van der Waals surface area contributed by atoms with Crippen LogP contribution < -0.4 is 15.4 Å². The van der Waals surface area contributed by atoms with Gasteiger partial charge < -0.3 is 30.3 Å². The third kappa shape index (κ3) is 5.12. The van der Waals surface area contributed by atoms with E-state index in [-0.39, 0.29) is 24.7 Å². The van der Waals surface area contributed by atoms with Gasteiger partial charge >= 0.3 is 6.09 Å². The number of phenolic OH excluding ortho intramolecular Hbond substituents is 1. The predicted octanol–water partition coefficient (Wildman–Crippen LogP) is 1.85. The third-order valence-electron chi connectivity index (χ3n) is 4.74. The second kappa shape index (κ2) is 9.06. The SMILES string of the molecule is COc1ccc(C[C@H]2NC[C@H](O)[C@H]2OC(=O)NCc2cc(F)c(O)c(F)c2)cc1. The molecule has 0 aliphatic carbocycles. The van der Waals surface area contributed by atoms with Crippen LogP contribution in [0.4, 0.5) is 13.6 Å². The monoisotopic (exact) mass is 408 g/mol. The third-order valence-corrected chi connectivity index (χ3v) is 4.74. The van der Waals surface area contributed by atoms with Gasteiger partial charge in [-0.15, -0.1) is 0 Å². The van der Waals surface area contributed by atoms with E-state index in [1.54, 1.807) is 7.11 Å². The number of phenols is 1. The number of nitrogens with one attached hydrogen (secondary N) is 2. The van der Waals surface area contributed by atoms with Crippen LogP contribution in [0.2, 0.25) is 0 Å². The molecule has 1 amide bonds. The largest absolute Gasteiger partial charge is 0.503 e. The first-order chi connectivity index (χ1) is 13.9. The number of carbonyl (C=O) groups excluding carboxylic acids is 1. The number of hydrogen-bond donors (Lipinski definition) is 4. The number of halogens is 2. The Kier molecular flexibility index (Phi) is 6.50. The number of rotatable bonds is 6. The maximum atomic E-state index is 13.4. The van der Waals surface area contributed by atoms with Gasteiger partial charge in [0.15, 0.2) is 17.4 Å². The van der Waals surface area contributed by atoms with E-state index in [0.29, 0.717) is 6.42 Å². The van der Waals surface area contributed by atoms with Gasteiger partial charge in [-0.05, 0) is 41.8 Å². The van der Waals surface area contributed by atoms with Crippen molar-refractivity contribution in [1.29, 1.82) is 0 Å². The van der Waals surface area contributed by atoms with Crippen LogP contribution in [0.5, 0.6) is 11.5 Å². The molecule has 2 aromatic rings. The molecular weight excluding hydrogens is 386 g/mol. The average molecular weight is 408 g/mol. The Morgan fingerprint density at radius 3 is 2.48 bits per heavy atom. The zero-order valence-electron chi connectivity index (χ0n) is 15.7. The standard InChI is InChI=1S/C20H22F2N2O5/c1-28-13-4-2-11(3-5-13)8-16-19(17(25)10-23-16)29-20(27)24-9-12-6-14(21)18(26)15(22)7-12/h2-7,16-17,19,23,25-26H,8-10H2,1H3,(H,24,27)/t16-,17+,19+/m1/s1. The Balaban J connectivity index is 1.57. The summed E-state index contributed by atoms with van der Waals surface area (Å²) in [6.07, 6.45) is -1.97. The molecule has 0 saturated carbocycles. The number of methoxy groups -OCH3 is 1. The minimum absolute atomic E-state index is 0.120. The highest BCUT2D eigenvalue weighted by molar-refractivity contribution is 5.67. The van der Waals surface area contributed by atoms with Crippen molar-refractivity contribution in [3.8, 4) is 11.5 Å². The van der Waals surface area contributed by atoms with E-state index in [0.717, 1.165) is 23.4 Å². The van der Waals surface area contributed by atoms with E-state index in [1.807, 2.05) is 24.3 Å². The molecule has 29 heavy (non-hydrogen) atoms. The van der Waals surface area contributed by atoms with Crippen molar-refractivity contribution < 1.29 is 33.3 Å². The van der Waals surface area contributed by atoms with E-state index < -0.39 is 35.7 Å². The summed E-state index contributed by atoms with van der Waals surface area (Å²) in [5.41, 5.74) is 1.09. The molecule has 1 aliphatic rings. The van der Waals surface area contributed by atoms with Crippen molar-refractivity contribution in [3.05, 3.63) is 59.2 Å². The van der Waals surface area contributed by atoms with Gasteiger partial charge in [-0.25, -0.2) is 13.6 Å². The molecule has 9 heteroatoms. The molecule has 7 nitrogen and oxygen atoms in total. The van der Waals surface area contributed by atoms with Crippen LogP contribution in [0, 0.1) is 11.6 Å². The molecule has 3 rings (SSSR count). The van der Waals surface area contributed by atoms with Gasteiger partial charge in [-0.1, -0.05) is 12.1 Å². The first-order valence-electron chi connectivity index (χ1n) is 9.03. The first-order valence-corrected chi connectivity index (χ1v) is 9.03. The number of alkyl carbamates (subject to hydrolysis) is 1. The highest BCUT2D eigenvalue weighted by atomic mass is 19.1. The van der Waals surface area contributed by atoms with E-state index in [9.17, 15) is 18.7 Å². The highest BCUT2D eigenvalue weighted by Crippen LogP contribution is 2.22. The van der Waals surface area contributed by atoms with Crippen LogP contribution >= 0.6 is 0 Å². The van der Waals surface area contributed by atoms with Crippen LogP contribution in [0.25, 0.3) is 0 Å². The molecule has 1 saturated heterocycles. The van der Waals surface area contributed by atoms with Crippen LogP contribution in [0.3, 0.4) is 0 Å². The van der Waals surface area contributed by atoms with Gasteiger partial charge in [0.05, 0.1) is 13.2 Å². The molecule has 0 spiro atoms.